The molecule has 7 nitrogen and oxygen atoms in total. The van der Waals surface area contributed by atoms with Crippen LogP contribution in [0, 0.1) is 0 Å². The van der Waals surface area contributed by atoms with Crippen LogP contribution in [0.5, 0.6) is 5.75 Å². The third-order valence-corrected chi connectivity index (χ3v) is 3.38. The van der Waals surface area contributed by atoms with Crippen LogP contribution in [-0.2, 0) is 14.3 Å². The molecular formula is C15H21N3O4. The Labute approximate surface area is 129 Å². The highest BCUT2D eigenvalue weighted by molar-refractivity contribution is 6.02. The zero-order valence-electron chi connectivity index (χ0n) is 12.8. The fourth-order valence-electron chi connectivity index (χ4n) is 2.17. The van der Waals surface area contributed by atoms with Gasteiger partial charge in [0.2, 0.25) is 5.91 Å². The van der Waals surface area contributed by atoms with E-state index in [2.05, 4.69) is 5.32 Å². The Hall–Kier alpha value is -2.12. The first kappa shape index (κ1) is 16.3. The maximum Gasteiger partial charge on any atom is 0.265 e. The van der Waals surface area contributed by atoms with E-state index in [1.54, 1.807) is 19.2 Å². The lowest BCUT2D eigenvalue weighted by atomic mass is 10.1. The predicted octanol–water partition coefficient (Wildman–Crippen LogP) is 0.194. The third kappa shape index (κ3) is 3.75. The average molecular weight is 307 g/mol. The minimum atomic E-state index is -0.254. The molecule has 1 aliphatic rings. The van der Waals surface area contributed by atoms with E-state index >= 15 is 0 Å². The van der Waals surface area contributed by atoms with Gasteiger partial charge in [-0.25, -0.2) is 0 Å². The molecule has 0 radical (unpaired) electrons. The van der Waals surface area contributed by atoms with Crippen LogP contribution in [0.3, 0.4) is 0 Å². The number of nitrogens with one attached hydrogen (secondary N) is 1. The van der Waals surface area contributed by atoms with E-state index in [0.717, 1.165) is 5.56 Å². The molecule has 120 valence electrons. The summed E-state index contributed by atoms with van der Waals surface area (Å²) in [6.45, 7) is 2.56. The van der Waals surface area contributed by atoms with Crippen molar-refractivity contribution in [1.29, 1.82) is 0 Å². The van der Waals surface area contributed by atoms with Crippen molar-refractivity contribution in [1.82, 2.24) is 5.32 Å². The predicted molar refractivity (Wildman–Crippen MR) is 81.8 cm³/mol. The first-order valence-electron chi connectivity index (χ1n) is 7.11. The number of nitrogens with two attached hydrogens (primary N) is 1. The van der Waals surface area contributed by atoms with Crippen LogP contribution in [0.15, 0.2) is 18.2 Å². The van der Waals surface area contributed by atoms with Crippen molar-refractivity contribution in [2.45, 2.75) is 13.0 Å². The maximum atomic E-state index is 12.1. The largest absolute Gasteiger partial charge is 0.482 e. The summed E-state index contributed by atoms with van der Waals surface area (Å²) >= 11 is 0. The van der Waals surface area contributed by atoms with E-state index < -0.39 is 0 Å². The van der Waals surface area contributed by atoms with Gasteiger partial charge in [-0.3, -0.25) is 14.5 Å². The molecule has 0 aromatic heterocycles. The van der Waals surface area contributed by atoms with Crippen LogP contribution in [0.4, 0.5) is 5.69 Å². The molecule has 22 heavy (non-hydrogen) atoms. The van der Waals surface area contributed by atoms with Crippen LogP contribution in [0.25, 0.3) is 0 Å². The van der Waals surface area contributed by atoms with E-state index in [-0.39, 0.29) is 31.0 Å². The lowest BCUT2D eigenvalue weighted by Gasteiger charge is -2.29. The number of carbonyl (C=O) groups is 2. The van der Waals surface area contributed by atoms with E-state index in [1.807, 2.05) is 13.0 Å². The van der Waals surface area contributed by atoms with Gasteiger partial charge in [-0.15, -0.1) is 0 Å². The molecule has 0 bridgehead atoms. The molecule has 2 rings (SSSR count). The van der Waals surface area contributed by atoms with Crippen LogP contribution >= 0.6 is 0 Å². The van der Waals surface area contributed by atoms with Crippen molar-refractivity contribution in [2.24, 2.45) is 5.73 Å². The number of hydrogen-bond donors (Lipinski definition) is 2. The molecule has 1 aromatic rings. The molecule has 7 heteroatoms. The van der Waals surface area contributed by atoms with Gasteiger partial charge in [-0.1, -0.05) is 6.07 Å². The minimum Gasteiger partial charge on any atom is -0.482 e. The number of hydrogen-bond acceptors (Lipinski definition) is 5. The molecule has 1 heterocycles. The normalized spacial score (nSPS) is 15.0. The van der Waals surface area contributed by atoms with Crippen LogP contribution in [-0.4, -0.2) is 45.2 Å². The van der Waals surface area contributed by atoms with E-state index in [1.165, 1.54) is 4.90 Å². The fraction of sp³-hybridized carbons (Fsp3) is 0.467. The maximum absolute atomic E-state index is 12.1. The average Bonchev–Trinajstić information content (AvgIpc) is 2.50. The molecule has 1 aliphatic heterocycles. The lowest BCUT2D eigenvalue weighted by Crippen LogP contribution is -2.45. The van der Waals surface area contributed by atoms with Crippen molar-refractivity contribution in [3.8, 4) is 5.75 Å². The molecule has 1 aromatic carbocycles. The summed E-state index contributed by atoms with van der Waals surface area (Å²) in [6, 6.07) is 5.26. The lowest BCUT2D eigenvalue weighted by molar-refractivity contribution is -0.125. The minimum absolute atomic E-state index is 0.0543. The molecule has 0 aliphatic carbocycles. The summed E-state index contributed by atoms with van der Waals surface area (Å²) in [4.78, 5) is 25.4. The summed E-state index contributed by atoms with van der Waals surface area (Å²) in [6.07, 6.45) is 0. The zero-order chi connectivity index (χ0) is 16.1. The van der Waals surface area contributed by atoms with Gasteiger partial charge in [0.25, 0.3) is 5.91 Å². The first-order chi connectivity index (χ1) is 10.5. The molecule has 0 spiro atoms. The smallest absolute Gasteiger partial charge is 0.265 e. The summed E-state index contributed by atoms with van der Waals surface area (Å²) in [5, 5.41) is 2.70. The fourth-order valence-corrected chi connectivity index (χ4v) is 2.17. The zero-order valence-corrected chi connectivity index (χ0v) is 12.8. The highest BCUT2D eigenvalue weighted by Gasteiger charge is 2.27. The third-order valence-electron chi connectivity index (χ3n) is 3.38. The second-order valence-corrected chi connectivity index (χ2v) is 5.13. The molecule has 1 unspecified atom stereocenters. The summed E-state index contributed by atoms with van der Waals surface area (Å²) in [5.41, 5.74) is 7.33. The Morgan fingerprint density at radius 2 is 2.32 bits per heavy atom. The second kappa shape index (κ2) is 7.24. The highest BCUT2D eigenvalue weighted by Crippen LogP contribution is 2.33. The second-order valence-electron chi connectivity index (χ2n) is 5.13. The highest BCUT2D eigenvalue weighted by atomic mass is 16.5. The molecular weight excluding hydrogens is 286 g/mol. The standard InChI is InChI=1S/C15H21N3O4/c1-10(16)11-3-4-13-12(7-11)18(15(20)9-22-13)8-14(19)17-5-6-21-2/h3-4,7,10H,5-6,8-9,16H2,1-2H3,(H,17,19). The number of anilines is 1. The van der Waals surface area contributed by atoms with E-state index in [9.17, 15) is 9.59 Å². The van der Waals surface area contributed by atoms with Gasteiger partial charge >= 0.3 is 0 Å². The van der Waals surface area contributed by atoms with Crippen LogP contribution < -0.4 is 20.7 Å². The summed E-state index contributed by atoms with van der Waals surface area (Å²) in [7, 11) is 1.56. The number of methoxy groups -OCH3 is 1. The molecule has 1 atom stereocenters. The number of nitrogens with zero attached hydrogens (tertiary/aromatic N) is 1. The van der Waals surface area contributed by atoms with Crippen LogP contribution in [0.2, 0.25) is 0 Å². The Kier molecular flexibility index (Phi) is 5.35. The van der Waals surface area contributed by atoms with Gasteiger partial charge in [0.05, 0.1) is 12.3 Å². The Morgan fingerprint density at radius 1 is 1.55 bits per heavy atom. The van der Waals surface area contributed by atoms with Crippen molar-refractivity contribution in [2.75, 3.05) is 38.3 Å². The number of amides is 2. The van der Waals surface area contributed by atoms with Crippen molar-refractivity contribution in [3.63, 3.8) is 0 Å². The van der Waals surface area contributed by atoms with E-state index in [4.69, 9.17) is 15.2 Å². The number of fused-ring (bicyclic) bond motifs is 1. The summed E-state index contributed by atoms with van der Waals surface area (Å²) < 4.78 is 10.3. The number of rotatable bonds is 6. The van der Waals surface area contributed by atoms with Gasteiger partial charge in [0.1, 0.15) is 12.3 Å². The monoisotopic (exact) mass is 307 g/mol. The SMILES string of the molecule is COCCNC(=O)CN1C(=O)COc2ccc(C(C)N)cc21. The summed E-state index contributed by atoms with van der Waals surface area (Å²) in [5.74, 6) is 0.0781. The van der Waals surface area contributed by atoms with Gasteiger partial charge in [0, 0.05) is 19.7 Å². The quantitative estimate of drug-likeness (QED) is 0.732. The molecule has 0 saturated carbocycles. The van der Waals surface area contributed by atoms with Crippen molar-refractivity contribution in [3.05, 3.63) is 23.8 Å². The van der Waals surface area contributed by atoms with Crippen LogP contribution in [0.1, 0.15) is 18.5 Å². The van der Waals surface area contributed by atoms with Crippen molar-refractivity contribution < 1.29 is 19.1 Å². The van der Waals surface area contributed by atoms with Gasteiger partial charge in [-0.2, -0.15) is 0 Å². The van der Waals surface area contributed by atoms with Gasteiger partial charge < -0.3 is 20.5 Å². The molecule has 0 saturated heterocycles. The number of ether oxygens (including phenoxy) is 2. The topological polar surface area (TPSA) is 93.9 Å². The van der Waals surface area contributed by atoms with E-state index in [0.29, 0.717) is 24.6 Å². The molecule has 0 fully saturated rings. The Bertz CT molecular complexity index is 560. The van der Waals surface area contributed by atoms with Gasteiger partial charge in [-0.05, 0) is 24.6 Å². The number of benzene rings is 1. The van der Waals surface area contributed by atoms with Gasteiger partial charge in [0.15, 0.2) is 6.61 Å². The molecule has 2 amide bonds. The van der Waals surface area contributed by atoms with Crippen molar-refractivity contribution >= 4 is 17.5 Å². The molecule has 3 N–H and O–H groups in total. The number of carbonyl (C=O) groups excluding carboxylic acids is 2. The first-order valence-corrected chi connectivity index (χ1v) is 7.11. The Morgan fingerprint density at radius 3 is 3.00 bits per heavy atom. The Balaban J connectivity index is 2.16.